The van der Waals surface area contributed by atoms with Gasteiger partial charge in [0.1, 0.15) is 0 Å². The number of aryl methyl sites for hydroxylation is 2. The summed E-state index contributed by atoms with van der Waals surface area (Å²) in [5, 5.41) is 0. The van der Waals surface area contributed by atoms with Crippen LogP contribution in [0.4, 0.5) is 0 Å². The van der Waals surface area contributed by atoms with E-state index in [2.05, 4.69) is 31.2 Å². The molecule has 0 aliphatic rings. The fourth-order valence-electron chi connectivity index (χ4n) is 2.75. The summed E-state index contributed by atoms with van der Waals surface area (Å²) in [4.78, 5) is 0. The van der Waals surface area contributed by atoms with E-state index >= 15 is 0 Å². The monoisotopic (exact) mass is 285 g/mol. The van der Waals surface area contributed by atoms with Crippen molar-refractivity contribution in [1.29, 1.82) is 0 Å². The molecular weight excluding hydrogens is 252 g/mol. The Morgan fingerprint density at radius 2 is 1.19 bits per heavy atom. The summed E-state index contributed by atoms with van der Waals surface area (Å²) in [5.41, 5.74) is 2.99. The second-order valence-corrected chi connectivity index (χ2v) is 6.17. The highest BCUT2D eigenvalue weighted by Crippen LogP contribution is 2.13. The fraction of sp³-hybridized carbons (Fsp3) is 0.619. The molecule has 0 nitrogen and oxygen atoms in total. The van der Waals surface area contributed by atoms with Gasteiger partial charge in [-0.15, -0.1) is 0 Å². The molecule has 117 valence electrons. The molecule has 0 spiro atoms. The van der Waals surface area contributed by atoms with Crippen LogP contribution in [0.5, 0.6) is 0 Å². The number of hydrogen-bond donors (Lipinski definition) is 0. The predicted octanol–water partition coefficient (Wildman–Crippen LogP) is 6.68. The SMILES string of the molecule is [CH]=CCCCCCc1ccc(CCCCCCCC)cc1. The standard InChI is InChI=1S/C21H33/c1-3-5-7-9-11-13-15-21-18-16-20(17-19-21)14-12-10-8-6-4-2/h2,4,16-19H,3,5-15H2,1H3. The molecule has 1 rings (SSSR count). The molecule has 0 fully saturated rings. The average Bonchev–Trinajstić information content (AvgIpc) is 2.52. The van der Waals surface area contributed by atoms with Gasteiger partial charge >= 0.3 is 0 Å². The van der Waals surface area contributed by atoms with E-state index in [9.17, 15) is 0 Å². The molecule has 0 amide bonds. The van der Waals surface area contributed by atoms with Gasteiger partial charge in [-0.3, -0.25) is 0 Å². The van der Waals surface area contributed by atoms with Crippen LogP contribution in [0.1, 0.15) is 82.3 Å². The Morgan fingerprint density at radius 1 is 0.714 bits per heavy atom. The predicted molar refractivity (Wildman–Crippen MR) is 94.6 cm³/mol. The summed E-state index contributed by atoms with van der Waals surface area (Å²) in [6, 6.07) is 9.30. The van der Waals surface area contributed by atoms with Crippen molar-refractivity contribution in [3.63, 3.8) is 0 Å². The van der Waals surface area contributed by atoms with Crippen molar-refractivity contribution in [2.24, 2.45) is 0 Å². The maximum absolute atomic E-state index is 5.39. The topological polar surface area (TPSA) is 0 Å². The van der Waals surface area contributed by atoms with Crippen LogP contribution in [0.3, 0.4) is 0 Å². The first-order valence-electron chi connectivity index (χ1n) is 8.98. The third-order valence-corrected chi connectivity index (χ3v) is 4.18. The smallest absolute Gasteiger partial charge is 0.0279 e. The van der Waals surface area contributed by atoms with Crippen molar-refractivity contribution < 1.29 is 0 Å². The average molecular weight is 285 g/mol. The van der Waals surface area contributed by atoms with Gasteiger partial charge < -0.3 is 0 Å². The van der Waals surface area contributed by atoms with Gasteiger partial charge in [-0.2, -0.15) is 0 Å². The van der Waals surface area contributed by atoms with Gasteiger partial charge in [0, 0.05) is 0 Å². The minimum atomic E-state index is 1.05. The normalized spacial score (nSPS) is 10.7. The van der Waals surface area contributed by atoms with Gasteiger partial charge in [-0.25, -0.2) is 0 Å². The minimum absolute atomic E-state index is 1.05. The largest absolute Gasteiger partial charge is 0.0845 e. The first kappa shape index (κ1) is 18.0. The Kier molecular flexibility index (Phi) is 10.9. The molecule has 1 aromatic carbocycles. The zero-order chi connectivity index (χ0) is 15.2. The van der Waals surface area contributed by atoms with Crippen molar-refractivity contribution in [2.75, 3.05) is 0 Å². The lowest BCUT2D eigenvalue weighted by atomic mass is 10.0. The summed E-state index contributed by atoms with van der Waals surface area (Å²) < 4.78 is 0. The molecule has 1 radical (unpaired) electrons. The van der Waals surface area contributed by atoms with Crippen LogP contribution in [0.25, 0.3) is 0 Å². The van der Waals surface area contributed by atoms with Gasteiger partial charge in [-0.1, -0.05) is 82.4 Å². The summed E-state index contributed by atoms with van der Waals surface area (Å²) in [6.07, 6.45) is 17.4. The number of unbranched alkanes of at least 4 members (excludes halogenated alkanes) is 8. The molecule has 1 aromatic rings. The van der Waals surface area contributed by atoms with E-state index in [-0.39, 0.29) is 0 Å². The molecule has 0 heterocycles. The maximum atomic E-state index is 5.39. The van der Waals surface area contributed by atoms with E-state index in [1.807, 2.05) is 0 Å². The van der Waals surface area contributed by atoms with Gasteiger partial charge in [0.25, 0.3) is 0 Å². The van der Waals surface area contributed by atoms with Crippen molar-refractivity contribution in [2.45, 2.75) is 84.0 Å². The quantitative estimate of drug-likeness (QED) is 0.354. The molecule has 0 atom stereocenters. The van der Waals surface area contributed by atoms with E-state index in [4.69, 9.17) is 6.58 Å². The van der Waals surface area contributed by atoms with E-state index < -0.39 is 0 Å². The Morgan fingerprint density at radius 3 is 1.71 bits per heavy atom. The second kappa shape index (κ2) is 12.7. The lowest BCUT2D eigenvalue weighted by molar-refractivity contribution is 0.607. The summed E-state index contributed by atoms with van der Waals surface area (Å²) >= 11 is 0. The number of allylic oxidation sites excluding steroid dienone is 1. The molecular formula is C21H33. The van der Waals surface area contributed by atoms with Crippen molar-refractivity contribution in [1.82, 2.24) is 0 Å². The van der Waals surface area contributed by atoms with Crippen LogP contribution >= 0.6 is 0 Å². The molecule has 0 aromatic heterocycles. The molecule has 0 bridgehead atoms. The first-order chi connectivity index (χ1) is 10.4. The lowest BCUT2D eigenvalue weighted by Crippen LogP contribution is -1.89. The van der Waals surface area contributed by atoms with Crippen LogP contribution in [0.15, 0.2) is 30.3 Å². The highest BCUT2D eigenvalue weighted by Gasteiger charge is 1.97. The third kappa shape index (κ3) is 9.50. The highest BCUT2D eigenvalue weighted by atomic mass is 14.0. The zero-order valence-electron chi connectivity index (χ0n) is 13.9. The van der Waals surface area contributed by atoms with Gasteiger partial charge in [0.15, 0.2) is 0 Å². The maximum Gasteiger partial charge on any atom is -0.0279 e. The van der Waals surface area contributed by atoms with Gasteiger partial charge in [0.05, 0.1) is 0 Å². The molecule has 0 N–H and O–H groups in total. The Balaban J connectivity index is 2.10. The highest BCUT2D eigenvalue weighted by molar-refractivity contribution is 5.22. The number of rotatable bonds is 13. The molecule has 0 saturated carbocycles. The van der Waals surface area contributed by atoms with Gasteiger partial charge in [-0.05, 0) is 49.7 Å². The Bertz CT molecular complexity index is 347. The summed E-state index contributed by atoms with van der Waals surface area (Å²) in [6.45, 7) is 7.66. The van der Waals surface area contributed by atoms with Crippen molar-refractivity contribution in [3.05, 3.63) is 48.0 Å². The third-order valence-electron chi connectivity index (χ3n) is 4.18. The number of hydrogen-bond acceptors (Lipinski definition) is 0. The number of benzene rings is 1. The summed E-state index contributed by atoms with van der Waals surface area (Å²) in [7, 11) is 0. The van der Waals surface area contributed by atoms with Crippen LogP contribution in [-0.2, 0) is 12.8 Å². The molecule has 0 aliphatic heterocycles. The van der Waals surface area contributed by atoms with E-state index in [0.29, 0.717) is 0 Å². The first-order valence-corrected chi connectivity index (χ1v) is 8.98. The van der Waals surface area contributed by atoms with Crippen LogP contribution in [-0.4, -0.2) is 0 Å². The molecule has 21 heavy (non-hydrogen) atoms. The Labute approximate surface area is 132 Å². The zero-order valence-corrected chi connectivity index (χ0v) is 13.9. The molecule has 0 saturated heterocycles. The van der Waals surface area contributed by atoms with Crippen LogP contribution < -0.4 is 0 Å². The van der Waals surface area contributed by atoms with E-state index in [1.165, 1.54) is 81.8 Å². The van der Waals surface area contributed by atoms with E-state index in [1.54, 1.807) is 6.08 Å². The molecule has 0 aliphatic carbocycles. The molecule has 0 heteroatoms. The van der Waals surface area contributed by atoms with E-state index in [0.717, 1.165) is 6.42 Å². The fourth-order valence-corrected chi connectivity index (χ4v) is 2.75. The molecule has 0 unspecified atom stereocenters. The lowest BCUT2D eigenvalue weighted by Gasteiger charge is -2.05. The van der Waals surface area contributed by atoms with Crippen LogP contribution in [0.2, 0.25) is 0 Å². The van der Waals surface area contributed by atoms with Gasteiger partial charge in [0.2, 0.25) is 0 Å². The second-order valence-electron chi connectivity index (χ2n) is 6.17. The Hall–Kier alpha value is -1.04. The van der Waals surface area contributed by atoms with Crippen molar-refractivity contribution >= 4 is 0 Å². The van der Waals surface area contributed by atoms with Crippen molar-refractivity contribution in [3.8, 4) is 0 Å². The summed E-state index contributed by atoms with van der Waals surface area (Å²) in [5.74, 6) is 0. The minimum Gasteiger partial charge on any atom is -0.0845 e. The van der Waals surface area contributed by atoms with Crippen LogP contribution in [0, 0.1) is 6.58 Å².